The zero-order chi connectivity index (χ0) is 28.1. The van der Waals surface area contributed by atoms with Gasteiger partial charge in [0.1, 0.15) is 0 Å². The number of carbonyl (C=O) groups is 2. The zero-order valence-corrected chi connectivity index (χ0v) is 23.9. The van der Waals surface area contributed by atoms with E-state index in [1.165, 1.54) is 11.1 Å². The third-order valence-corrected chi connectivity index (χ3v) is 9.43. The van der Waals surface area contributed by atoms with Gasteiger partial charge in [0.2, 0.25) is 0 Å². The number of carboxylic acids is 1. The number of aliphatic carboxylic acids is 1. The third kappa shape index (κ3) is 7.08. The lowest BCUT2D eigenvalue weighted by Gasteiger charge is -2.21. The minimum Gasteiger partial charge on any atom is -0.481 e. The summed E-state index contributed by atoms with van der Waals surface area (Å²) in [6.45, 7) is 3.70. The second kappa shape index (κ2) is 12.2. The van der Waals surface area contributed by atoms with Gasteiger partial charge in [-0.25, -0.2) is 4.98 Å². The summed E-state index contributed by atoms with van der Waals surface area (Å²) >= 11 is 1.86. The number of benzene rings is 3. The number of carbonyl (C=O) groups excluding carboxylic acids is 1. The quantitative estimate of drug-likeness (QED) is 0.179. The minimum atomic E-state index is -0.713. The Hall–Kier alpha value is -3.70. The van der Waals surface area contributed by atoms with Gasteiger partial charge in [-0.2, -0.15) is 11.8 Å². The number of aromatic nitrogens is 1. The van der Waals surface area contributed by atoms with Crippen LogP contribution in [-0.4, -0.2) is 27.6 Å². The van der Waals surface area contributed by atoms with Crippen LogP contribution in [0, 0.1) is 12.3 Å². The van der Waals surface area contributed by atoms with E-state index in [-0.39, 0.29) is 22.9 Å². The first kappa shape index (κ1) is 27.9. The molecule has 1 aliphatic carbocycles. The number of aryl methyl sites for hydroxylation is 2. The average molecular weight is 550 g/mol. The van der Waals surface area contributed by atoms with Gasteiger partial charge in [0.15, 0.2) is 5.78 Å². The van der Waals surface area contributed by atoms with Crippen molar-refractivity contribution in [1.82, 2.24) is 4.98 Å². The van der Waals surface area contributed by atoms with E-state index in [1.54, 1.807) is 6.92 Å². The molecule has 5 rings (SSSR count). The number of ketones is 1. The molecule has 0 saturated heterocycles. The Balaban J connectivity index is 1.36. The van der Waals surface area contributed by atoms with Crippen LogP contribution in [0.25, 0.3) is 23.1 Å². The van der Waals surface area contributed by atoms with Crippen molar-refractivity contribution >= 4 is 46.6 Å². The van der Waals surface area contributed by atoms with Gasteiger partial charge in [0, 0.05) is 22.0 Å². The molecule has 0 aliphatic heterocycles. The molecule has 5 heteroatoms. The van der Waals surface area contributed by atoms with E-state index in [2.05, 4.69) is 67.6 Å². The van der Waals surface area contributed by atoms with E-state index < -0.39 is 5.97 Å². The van der Waals surface area contributed by atoms with Crippen LogP contribution in [-0.2, 0) is 11.2 Å². The average Bonchev–Trinajstić information content (AvgIpc) is 3.70. The van der Waals surface area contributed by atoms with Gasteiger partial charge < -0.3 is 5.11 Å². The fourth-order valence-corrected chi connectivity index (χ4v) is 6.81. The highest BCUT2D eigenvalue weighted by atomic mass is 32.2. The smallest absolute Gasteiger partial charge is 0.303 e. The van der Waals surface area contributed by atoms with Crippen LogP contribution in [0.4, 0.5) is 0 Å². The maximum absolute atomic E-state index is 12.2. The Kier molecular flexibility index (Phi) is 8.51. The summed E-state index contributed by atoms with van der Waals surface area (Å²) in [5, 5.41) is 10.7. The highest BCUT2D eigenvalue weighted by Crippen LogP contribution is 2.53. The van der Waals surface area contributed by atoms with Crippen LogP contribution >= 0.6 is 11.8 Å². The molecule has 0 amide bonds. The van der Waals surface area contributed by atoms with Crippen LogP contribution in [0.5, 0.6) is 0 Å². The largest absolute Gasteiger partial charge is 0.481 e. The summed E-state index contributed by atoms with van der Waals surface area (Å²) in [6, 6.07) is 26.9. The monoisotopic (exact) mass is 549 g/mol. The molecule has 4 aromatic rings. The standard InChI is InChI=1S/C35H35NO3S/c1-24-10-12-28-13-16-30(36-32(28)20-24)15-11-26-6-5-8-29(21-26)33(40-23-35(18-19-35)22-34(38)39)17-14-27-7-3-4-9-31(27)25(2)37/h3-13,15-16,20-21,33H,14,17-19,22-23H2,1-2H3,(H,38,39)/b15-11+. The normalized spacial score (nSPS) is 14.8. The third-order valence-electron chi connectivity index (χ3n) is 7.74. The first-order chi connectivity index (χ1) is 19.3. The second-order valence-corrected chi connectivity index (χ2v) is 12.2. The molecular weight excluding hydrogens is 514 g/mol. The van der Waals surface area contributed by atoms with Gasteiger partial charge in [-0.3, -0.25) is 9.59 Å². The first-order valence-corrected chi connectivity index (χ1v) is 14.9. The summed E-state index contributed by atoms with van der Waals surface area (Å²) in [6.07, 6.45) is 8.02. The molecule has 0 radical (unpaired) electrons. The molecule has 1 atom stereocenters. The Morgan fingerprint density at radius 3 is 2.58 bits per heavy atom. The Morgan fingerprint density at radius 2 is 1.80 bits per heavy atom. The number of hydrogen-bond donors (Lipinski definition) is 1. The van der Waals surface area contributed by atoms with Crippen LogP contribution in [0.3, 0.4) is 0 Å². The molecule has 1 saturated carbocycles. The zero-order valence-electron chi connectivity index (χ0n) is 23.1. The second-order valence-electron chi connectivity index (χ2n) is 11.1. The van der Waals surface area contributed by atoms with Gasteiger partial charge in [0.05, 0.1) is 17.6 Å². The highest BCUT2D eigenvalue weighted by molar-refractivity contribution is 7.99. The molecule has 1 aliphatic rings. The van der Waals surface area contributed by atoms with Gasteiger partial charge in [-0.05, 0) is 85.4 Å². The number of fused-ring (bicyclic) bond motifs is 1. The van der Waals surface area contributed by atoms with Crippen molar-refractivity contribution in [2.24, 2.45) is 5.41 Å². The van der Waals surface area contributed by atoms with Gasteiger partial charge in [-0.1, -0.05) is 72.8 Å². The summed E-state index contributed by atoms with van der Waals surface area (Å²) in [5.74, 6) is 0.205. The van der Waals surface area contributed by atoms with Gasteiger partial charge in [0.25, 0.3) is 0 Å². The van der Waals surface area contributed by atoms with Crippen molar-refractivity contribution in [2.75, 3.05) is 5.75 Å². The number of rotatable bonds is 12. The predicted octanol–water partition coefficient (Wildman–Crippen LogP) is 8.58. The Labute approximate surface area is 240 Å². The molecule has 0 spiro atoms. The fraction of sp³-hybridized carbons (Fsp3) is 0.286. The lowest BCUT2D eigenvalue weighted by atomic mass is 9.97. The van der Waals surface area contributed by atoms with Crippen molar-refractivity contribution in [3.05, 3.63) is 112 Å². The van der Waals surface area contributed by atoms with E-state index in [0.29, 0.717) is 0 Å². The van der Waals surface area contributed by atoms with Crippen molar-refractivity contribution in [3.63, 3.8) is 0 Å². The fourth-order valence-electron chi connectivity index (χ4n) is 5.24. The van der Waals surface area contributed by atoms with E-state index in [1.807, 2.05) is 42.1 Å². The van der Waals surface area contributed by atoms with Crippen LogP contribution < -0.4 is 0 Å². The number of carboxylic acid groups (broad SMARTS) is 1. The van der Waals surface area contributed by atoms with Crippen LogP contribution in [0.1, 0.15) is 76.2 Å². The molecule has 1 N–H and O–H groups in total. The molecule has 1 unspecified atom stereocenters. The maximum atomic E-state index is 12.2. The topological polar surface area (TPSA) is 67.3 Å². The summed E-state index contributed by atoms with van der Waals surface area (Å²) in [4.78, 5) is 28.5. The van der Waals surface area contributed by atoms with E-state index >= 15 is 0 Å². The number of Topliss-reactive ketones (excluding diaryl/α,β-unsaturated/α-hetero) is 1. The van der Waals surface area contributed by atoms with Crippen molar-refractivity contribution in [2.45, 2.75) is 51.2 Å². The summed E-state index contributed by atoms with van der Waals surface area (Å²) in [5.41, 5.74) is 7.20. The summed E-state index contributed by atoms with van der Waals surface area (Å²) in [7, 11) is 0. The number of hydrogen-bond acceptors (Lipinski definition) is 4. The molecule has 4 nitrogen and oxygen atoms in total. The SMILES string of the molecule is CC(=O)c1ccccc1CCC(SCC1(CC(=O)O)CC1)c1cccc(/C=C/c2ccc3ccc(C)cc3n2)c1. The molecule has 1 fully saturated rings. The Morgan fingerprint density at radius 1 is 1.00 bits per heavy atom. The maximum Gasteiger partial charge on any atom is 0.303 e. The van der Waals surface area contributed by atoms with Crippen molar-refractivity contribution < 1.29 is 14.7 Å². The van der Waals surface area contributed by atoms with E-state index in [0.717, 1.165) is 64.7 Å². The summed E-state index contributed by atoms with van der Waals surface area (Å²) < 4.78 is 0. The molecular formula is C35H35NO3S. The molecule has 204 valence electrons. The van der Waals surface area contributed by atoms with Gasteiger partial charge in [-0.15, -0.1) is 0 Å². The predicted molar refractivity (Wildman–Crippen MR) is 166 cm³/mol. The minimum absolute atomic E-state index is 0.0797. The molecule has 0 bridgehead atoms. The lowest BCUT2D eigenvalue weighted by Crippen LogP contribution is -2.12. The highest BCUT2D eigenvalue weighted by Gasteiger charge is 2.44. The van der Waals surface area contributed by atoms with Crippen molar-refractivity contribution in [1.29, 1.82) is 0 Å². The van der Waals surface area contributed by atoms with E-state index in [9.17, 15) is 14.7 Å². The lowest BCUT2D eigenvalue weighted by molar-refractivity contribution is -0.138. The number of nitrogens with zero attached hydrogens (tertiary/aromatic N) is 1. The molecule has 40 heavy (non-hydrogen) atoms. The molecule has 1 heterocycles. The number of thioether (sulfide) groups is 1. The van der Waals surface area contributed by atoms with E-state index in [4.69, 9.17) is 4.98 Å². The molecule has 1 aromatic heterocycles. The van der Waals surface area contributed by atoms with Crippen LogP contribution in [0.15, 0.2) is 78.9 Å². The number of pyridine rings is 1. The van der Waals surface area contributed by atoms with Gasteiger partial charge >= 0.3 is 5.97 Å². The first-order valence-electron chi connectivity index (χ1n) is 13.9. The van der Waals surface area contributed by atoms with Crippen LogP contribution in [0.2, 0.25) is 0 Å². The molecule has 3 aromatic carbocycles. The van der Waals surface area contributed by atoms with Crippen molar-refractivity contribution in [3.8, 4) is 0 Å². The Bertz CT molecular complexity index is 1570.